The average molecular weight is 433 g/mol. The molecule has 27 heavy (non-hydrogen) atoms. The molecule has 4 rings (SSSR count). The lowest BCUT2D eigenvalue weighted by atomic mass is 9.80. The van der Waals surface area contributed by atoms with Crippen LogP contribution in [-0.4, -0.2) is 0 Å². The molecule has 0 heterocycles. The molecule has 0 bridgehead atoms. The zero-order chi connectivity index (χ0) is 17.8. The smallest absolute Gasteiger partial charge is 0.0597 e. The van der Waals surface area contributed by atoms with Gasteiger partial charge in [0.1, 0.15) is 0 Å². The zero-order valence-electron chi connectivity index (χ0n) is 15.0. The Bertz CT molecular complexity index is 943. The molecule has 0 nitrogen and oxygen atoms in total. The minimum Gasteiger partial charge on any atom is -0.117 e. The van der Waals surface area contributed by atoms with Crippen LogP contribution in [0, 0.1) is 0 Å². The standard InChI is InChI=1S/C25H21P.BrH/c26-25(21-14-6-2-7-15-21,22-16-8-3-9-17-22)24-19-11-10-18-23(24)20-12-4-1-5-13-20;/h1-19H,26H2;1H. The summed E-state index contributed by atoms with van der Waals surface area (Å²) in [5.74, 6) is 0. The SMILES string of the molecule is Br.PC(c1ccccc1)(c1ccccc1)c1ccccc1-c1ccccc1. The topological polar surface area (TPSA) is 0 Å². The van der Waals surface area contributed by atoms with Gasteiger partial charge in [-0.2, -0.15) is 0 Å². The minimum absolute atomic E-state index is 0. The maximum Gasteiger partial charge on any atom is 0.0597 e. The normalized spacial score (nSPS) is 10.9. The highest BCUT2D eigenvalue weighted by molar-refractivity contribution is 8.93. The van der Waals surface area contributed by atoms with Crippen molar-refractivity contribution in [2.45, 2.75) is 5.16 Å². The van der Waals surface area contributed by atoms with Crippen molar-refractivity contribution in [1.82, 2.24) is 0 Å². The summed E-state index contributed by atoms with van der Waals surface area (Å²) in [6.07, 6.45) is 0. The second-order valence-electron chi connectivity index (χ2n) is 6.45. The van der Waals surface area contributed by atoms with Gasteiger partial charge in [0.05, 0.1) is 5.16 Å². The Hall–Kier alpha value is -2.21. The van der Waals surface area contributed by atoms with E-state index in [0.717, 1.165) is 0 Å². The highest BCUT2D eigenvalue weighted by Crippen LogP contribution is 2.48. The van der Waals surface area contributed by atoms with E-state index in [1.165, 1.54) is 27.8 Å². The first-order valence-corrected chi connectivity index (χ1v) is 9.43. The van der Waals surface area contributed by atoms with Gasteiger partial charge < -0.3 is 0 Å². The van der Waals surface area contributed by atoms with Crippen LogP contribution in [0.25, 0.3) is 11.1 Å². The molecule has 0 N–H and O–H groups in total. The highest BCUT2D eigenvalue weighted by atomic mass is 79.9. The molecule has 0 amide bonds. The molecule has 0 spiro atoms. The first kappa shape index (κ1) is 19.5. The third kappa shape index (κ3) is 3.76. The Kier molecular flexibility index (Phi) is 6.26. The minimum atomic E-state index is -0.311. The van der Waals surface area contributed by atoms with Gasteiger partial charge in [0.2, 0.25) is 0 Å². The first-order chi connectivity index (χ1) is 12.8. The molecule has 4 aromatic rings. The lowest BCUT2D eigenvalue weighted by Gasteiger charge is -2.33. The Balaban J connectivity index is 0.00000210. The summed E-state index contributed by atoms with van der Waals surface area (Å²) < 4.78 is 0. The maximum atomic E-state index is 3.14. The van der Waals surface area contributed by atoms with Gasteiger partial charge in [0.25, 0.3) is 0 Å². The molecule has 134 valence electrons. The van der Waals surface area contributed by atoms with Crippen molar-refractivity contribution in [3.05, 3.63) is 132 Å². The molecule has 0 radical (unpaired) electrons. The van der Waals surface area contributed by atoms with Crippen LogP contribution in [-0.2, 0) is 5.16 Å². The summed E-state index contributed by atoms with van der Waals surface area (Å²) in [5.41, 5.74) is 6.31. The molecule has 1 atom stereocenters. The Morgan fingerprint density at radius 2 is 0.889 bits per heavy atom. The van der Waals surface area contributed by atoms with Crippen LogP contribution in [0.3, 0.4) is 0 Å². The Labute approximate surface area is 174 Å². The number of hydrogen-bond donors (Lipinski definition) is 0. The van der Waals surface area contributed by atoms with E-state index in [1.54, 1.807) is 0 Å². The average Bonchev–Trinajstić information content (AvgIpc) is 2.75. The molecule has 0 aliphatic carbocycles. The van der Waals surface area contributed by atoms with E-state index in [-0.39, 0.29) is 22.1 Å². The summed E-state index contributed by atoms with van der Waals surface area (Å²) in [5, 5.41) is -0.311. The second-order valence-corrected chi connectivity index (χ2v) is 7.32. The fourth-order valence-corrected chi connectivity index (χ4v) is 4.21. The molecule has 2 heteroatoms. The summed E-state index contributed by atoms with van der Waals surface area (Å²) in [7, 11) is 3.14. The number of hydrogen-bond acceptors (Lipinski definition) is 0. The Morgan fingerprint density at radius 3 is 1.41 bits per heavy atom. The Morgan fingerprint density at radius 1 is 0.481 bits per heavy atom. The van der Waals surface area contributed by atoms with Crippen molar-refractivity contribution in [1.29, 1.82) is 0 Å². The molecular weight excluding hydrogens is 411 g/mol. The molecule has 4 aromatic carbocycles. The van der Waals surface area contributed by atoms with Gasteiger partial charge in [0.15, 0.2) is 0 Å². The van der Waals surface area contributed by atoms with Crippen LogP contribution >= 0.6 is 26.2 Å². The second kappa shape index (κ2) is 8.65. The molecule has 0 aliphatic heterocycles. The van der Waals surface area contributed by atoms with Crippen molar-refractivity contribution in [2.75, 3.05) is 0 Å². The van der Waals surface area contributed by atoms with Gasteiger partial charge in [-0.3, -0.25) is 0 Å². The molecule has 1 unspecified atom stereocenters. The van der Waals surface area contributed by atoms with E-state index < -0.39 is 0 Å². The van der Waals surface area contributed by atoms with Crippen LogP contribution in [0.5, 0.6) is 0 Å². The molecule has 0 saturated heterocycles. The predicted molar refractivity (Wildman–Crippen MR) is 125 cm³/mol. The van der Waals surface area contributed by atoms with Gasteiger partial charge in [-0.25, -0.2) is 0 Å². The van der Waals surface area contributed by atoms with Gasteiger partial charge >= 0.3 is 0 Å². The van der Waals surface area contributed by atoms with Crippen LogP contribution in [0.15, 0.2) is 115 Å². The number of rotatable bonds is 4. The lowest BCUT2D eigenvalue weighted by Crippen LogP contribution is -2.22. The number of halogens is 1. The van der Waals surface area contributed by atoms with E-state index in [9.17, 15) is 0 Å². The molecule has 0 aromatic heterocycles. The fourth-order valence-electron chi connectivity index (χ4n) is 3.58. The van der Waals surface area contributed by atoms with Crippen molar-refractivity contribution in [2.24, 2.45) is 0 Å². The first-order valence-electron chi connectivity index (χ1n) is 8.85. The maximum absolute atomic E-state index is 3.14. The van der Waals surface area contributed by atoms with Crippen LogP contribution < -0.4 is 0 Å². The van der Waals surface area contributed by atoms with Crippen molar-refractivity contribution < 1.29 is 0 Å². The molecule has 0 fully saturated rings. The van der Waals surface area contributed by atoms with E-state index in [1.807, 2.05) is 0 Å². The van der Waals surface area contributed by atoms with E-state index in [2.05, 4.69) is 125 Å². The highest BCUT2D eigenvalue weighted by Gasteiger charge is 2.33. The monoisotopic (exact) mass is 432 g/mol. The van der Waals surface area contributed by atoms with Crippen LogP contribution in [0.1, 0.15) is 16.7 Å². The van der Waals surface area contributed by atoms with Crippen molar-refractivity contribution in [3.63, 3.8) is 0 Å². The van der Waals surface area contributed by atoms with Crippen molar-refractivity contribution >= 4 is 26.2 Å². The summed E-state index contributed by atoms with van der Waals surface area (Å²) in [4.78, 5) is 0. The van der Waals surface area contributed by atoms with Gasteiger partial charge in [-0.1, -0.05) is 115 Å². The van der Waals surface area contributed by atoms with E-state index in [0.29, 0.717) is 0 Å². The lowest BCUT2D eigenvalue weighted by molar-refractivity contribution is 0.899. The summed E-state index contributed by atoms with van der Waals surface area (Å²) in [6.45, 7) is 0. The van der Waals surface area contributed by atoms with E-state index in [4.69, 9.17) is 0 Å². The fraction of sp³-hybridized carbons (Fsp3) is 0.0400. The summed E-state index contributed by atoms with van der Waals surface area (Å²) >= 11 is 0. The van der Waals surface area contributed by atoms with Crippen LogP contribution in [0.4, 0.5) is 0 Å². The molecule has 0 saturated carbocycles. The van der Waals surface area contributed by atoms with E-state index >= 15 is 0 Å². The molecule has 0 aliphatic rings. The predicted octanol–water partition coefficient (Wildman–Crippen LogP) is 7.10. The quantitative estimate of drug-likeness (QED) is 0.238. The largest absolute Gasteiger partial charge is 0.117 e. The third-order valence-corrected chi connectivity index (χ3v) is 5.87. The van der Waals surface area contributed by atoms with Gasteiger partial charge in [-0.05, 0) is 27.8 Å². The van der Waals surface area contributed by atoms with Gasteiger partial charge in [-0.15, -0.1) is 26.2 Å². The zero-order valence-corrected chi connectivity index (χ0v) is 17.8. The third-order valence-electron chi connectivity index (χ3n) is 4.89. The van der Waals surface area contributed by atoms with Crippen LogP contribution in [0.2, 0.25) is 0 Å². The molecular formula is C25H22BrP. The number of benzene rings is 4. The van der Waals surface area contributed by atoms with Gasteiger partial charge in [0, 0.05) is 0 Å². The summed E-state index contributed by atoms with van der Waals surface area (Å²) in [6, 6.07) is 40.8. The van der Waals surface area contributed by atoms with Crippen molar-refractivity contribution in [3.8, 4) is 11.1 Å².